The number of nitrogens with two attached hydrogens (primary N) is 1. The van der Waals surface area contributed by atoms with Crippen molar-refractivity contribution in [3.05, 3.63) is 23.8 Å². The van der Waals surface area contributed by atoms with Crippen LogP contribution in [0.4, 0.5) is 0 Å². The third-order valence-electron chi connectivity index (χ3n) is 3.02. The second-order valence-corrected chi connectivity index (χ2v) is 8.65. The molecule has 0 spiro atoms. The quantitative estimate of drug-likeness (QED) is 0.816. The van der Waals surface area contributed by atoms with Gasteiger partial charge < -0.3 is 4.74 Å². The lowest BCUT2D eigenvalue weighted by atomic mass is 10.1. The van der Waals surface area contributed by atoms with Gasteiger partial charge in [-0.15, -0.1) is 0 Å². The summed E-state index contributed by atoms with van der Waals surface area (Å²) in [4.78, 5) is -0.0736. The predicted octanol–water partition coefficient (Wildman–Crippen LogP) is 0.0953. The minimum atomic E-state index is -3.84. The van der Waals surface area contributed by atoms with E-state index in [0.717, 1.165) is 0 Å². The molecule has 0 radical (unpaired) electrons. The van der Waals surface area contributed by atoms with Crippen LogP contribution in [-0.2, 0) is 20.0 Å². The van der Waals surface area contributed by atoms with Crippen LogP contribution in [0.5, 0.6) is 5.75 Å². The van der Waals surface area contributed by atoms with E-state index in [0.29, 0.717) is 11.3 Å². The standard InChI is InChI=1S/C11H16N2O5S2/c1-7(2)20(16,17)13-10-6-18-11-4-3-8(5-9(10)11)19(12,14)15/h3-5,7,10,13H,6H2,1-2H3,(H2,12,14,15). The zero-order valence-electron chi connectivity index (χ0n) is 11.0. The predicted molar refractivity (Wildman–Crippen MR) is 73.2 cm³/mol. The summed E-state index contributed by atoms with van der Waals surface area (Å²) in [6.07, 6.45) is 0. The van der Waals surface area contributed by atoms with Crippen molar-refractivity contribution in [2.24, 2.45) is 5.14 Å². The molecule has 9 heteroatoms. The van der Waals surface area contributed by atoms with E-state index in [-0.39, 0.29) is 11.5 Å². The number of hydrogen-bond acceptors (Lipinski definition) is 5. The lowest BCUT2D eigenvalue weighted by molar-refractivity contribution is 0.325. The molecule has 3 N–H and O–H groups in total. The van der Waals surface area contributed by atoms with Crippen LogP contribution in [-0.4, -0.2) is 28.7 Å². The molecular weight excluding hydrogens is 304 g/mol. The molecule has 0 amide bonds. The Morgan fingerprint density at radius 3 is 2.50 bits per heavy atom. The molecule has 1 aliphatic heterocycles. The van der Waals surface area contributed by atoms with Gasteiger partial charge in [0.15, 0.2) is 0 Å². The monoisotopic (exact) mass is 320 g/mol. The van der Waals surface area contributed by atoms with Crippen molar-refractivity contribution in [2.45, 2.75) is 30.0 Å². The molecule has 0 fully saturated rings. The summed E-state index contributed by atoms with van der Waals surface area (Å²) >= 11 is 0. The third kappa shape index (κ3) is 2.95. The van der Waals surface area contributed by atoms with Crippen molar-refractivity contribution in [2.75, 3.05) is 6.61 Å². The van der Waals surface area contributed by atoms with Gasteiger partial charge in [-0.05, 0) is 32.0 Å². The Labute approximate surface area is 118 Å². The normalized spacial score (nSPS) is 18.9. The molecule has 112 valence electrons. The van der Waals surface area contributed by atoms with E-state index in [1.807, 2.05) is 0 Å². The number of hydrogen-bond donors (Lipinski definition) is 2. The molecule has 0 bridgehead atoms. The van der Waals surface area contributed by atoms with Crippen LogP contribution in [0.3, 0.4) is 0 Å². The number of benzene rings is 1. The first kappa shape index (κ1) is 15.2. The summed E-state index contributed by atoms with van der Waals surface area (Å²) in [5.41, 5.74) is 0.473. The van der Waals surface area contributed by atoms with Gasteiger partial charge >= 0.3 is 0 Å². The molecule has 1 atom stereocenters. The summed E-state index contributed by atoms with van der Waals surface area (Å²) in [6, 6.07) is 3.52. The zero-order valence-corrected chi connectivity index (χ0v) is 12.7. The molecule has 20 heavy (non-hydrogen) atoms. The molecule has 0 aliphatic carbocycles. The summed E-state index contributed by atoms with van der Waals surface area (Å²) in [6.45, 7) is 3.23. The van der Waals surface area contributed by atoms with Crippen LogP contribution in [0.15, 0.2) is 23.1 Å². The van der Waals surface area contributed by atoms with Crippen molar-refractivity contribution in [1.82, 2.24) is 4.72 Å². The maximum absolute atomic E-state index is 11.9. The lowest BCUT2D eigenvalue weighted by Gasteiger charge is -2.14. The molecule has 1 aliphatic rings. The molecule has 1 heterocycles. The molecule has 1 unspecified atom stereocenters. The van der Waals surface area contributed by atoms with Gasteiger partial charge in [0, 0.05) is 5.56 Å². The minimum absolute atomic E-state index is 0.0736. The van der Waals surface area contributed by atoms with Crippen molar-refractivity contribution in [3.8, 4) is 5.75 Å². The number of sulfonamides is 2. The molecule has 1 aromatic carbocycles. The Balaban J connectivity index is 2.37. The van der Waals surface area contributed by atoms with Crippen molar-refractivity contribution in [1.29, 1.82) is 0 Å². The molecule has 7 nitrogen and oxygen atoms in total. The maximum Gasteiger partial charge on any atom is 0.238 e. The number of ether oxygens (including phenoxy) is 1. The van der Waals surface area contributed by atoms with Crippen LogP contribution >= 0.6 is 0 Å². The third-order valence-corrected chi connectivity index (χ3v) is 5.78. The van der Waals surface area contributed by atoms with Gasteiger partial charge in [-0.3, -0.25) is 0 Å². The zero-order chi connectivity index (χ0) is 15.1. The van der Waals surface area contributed by atoms with Crippen LogP contribution in [0.1, 0.15) is 25.5 Å². The first-order valence-corrected chi connectivity index (χ1v) is 9.01. The molecule has 0 aromatic heterocycles. The van der Waals surface area contributed by atoms with E-state index in [1.54, 1.807) is 13.8 Å². The van der Waals surface area contributed by atoms with E-state index in [2.05, 4.69) is 4.72 Å². The second-order valence-electron chi connectivity index (χ2n) is 4.82. The largest absolute Gasteiger partial charge is 0.491 e. The molecule has 1 aromatic rings. The fraction of sp³-hybridized carbons (Fsp3) is 0.455. The Kier molecular flexibility index (Phi) is 3.80. The van der Waals surface area contributed by atoms with Crippen LogP contribution in [0.25, 0.3) is 0 Å². The van der Waals surface area contributed by atoms with Crippen molar-refractivity contribution in [3.63, 3.8) is 0 Å². The van der Waals surface area contributed by atoms with Gasteiger partial charge in [-0.25, -0.2) is 26.7 Å². The van der Waals surface area contributed by atoms with Crippen molar-refractivity contribution < 1.29 is 21.6 Å². The molecular formula is C11H16N2O5S2. The van der Waals surface area contributed by atoms with Gasteiger partial charge in [-0.2, -0.15) is 0 Å². The van der Waals surface area contributed by atoms with Crippen LogP contribution < -0.4 is 14.6 Å². The van der Waals surface area contributed by atoms with E-state index in [4.69, 9.17) is 9.88 Å². The first-order valence-electron chi connectivity index (χ1n) is 5.92. The maximum atomic E-state index is 11.9. The number of rotatable bonds is 4. The topological polar surface area (TPSA) is 116 Å². The summed E-state index contributed by atoms with van der Waals surface area (Å²) < 4.78 is 54.2. The molecule has 2 rings (SSSR count). The van der Waals surface area contributed by atoms with Gasteiger partial charge in [-0.1, -0.05) is 0 Å². The molecule has 0 saturated heterocycles. The highest BCUT2D eigenvalue weighted by Crippen LogP contribution is 2.34. The van der Waals surface area contributed by atoms with Gasteiger partial charge in [0.05, 0.1) is 16.2 Å². The van der Waals surface area contributed by atoms with Gasteiger partial charge in [0.1, 0.15) is 12.4 Å². The smallest absolute Gasteiger partial charge is 0.238 e. The Morgan fingerprint density at radius 2 is 1.95 bits per heavy atom. The lowest BCUT2D eigenvalue weighted by Crippen LogP contribution is -2.34. The summed E-state index contributed by atoms with van der Waals surface area (Å²) in [5, 5.41) is 4.47. The SMILES string of the molecule is CC(C)S(=O)(=O)NC1COc2ccc(S(N)(=O)=O)cc21. The number of nitrogens with one attached hydrogen (secondary N) is 1. The fourth-order valence-corrected chi connectivity index (χ4v) is 3.21. The van der Waals surface area contributed by atoms with Crippen LogP contribution in [0.2, 0.25) is 0 Å². The fourth-order valence-electron chi connectivity index (χ4n) is 1.80. The average molecular weight is 320 g/mol. The van der Waals surface area contributed by atoms with Gasteiger partial charge in [0.2, 0.25) is 20.0 Å². The van der Waals surface area contributed by atoms with Gasteiger partial charge in [0.25, 0.3) is 0 Å². The van der Waals surface area contributed by atoms with E-state index < -0.39 is 31.3 Å². The Hall–Kier alpha value is -1.16. The summed E-state index contributed by atoms with van der Waals surface area (Å²) in [5.74, 6) is 0.453. The second kappa shape index (κ2) is 4.99. The van der Waals surface area contributed by atoms with E-state index >= 15 is 0 Å². The highest BCUT2D eigenvalue weighted by Gasteiger charge is 2.30. The Bertz CT molecular complexity index is 725. The van der Waals surface area contributed by atoms with E-state index in [9.17, 15) is 16.8 Å². The summed E-state index contributed by atoms with van der Waals surface area (Å²) in [7, 11) is -7.32. The average Bonchev–Trinajstić information content (AvgIpc) is 2.70. The van der Waals surface area contributed by atoms with E-state index in [1.165, 1.54) is 18.2 Å². The van der Waals surface area contributed by atoms with Crippen LogP contribution in [0, 0.1) is 0 Å². The number of primary sulfonamides is 1. The molecule has 0 saturated carbocycles. The highest BCUT2D eigenvalue weighted by molar-refractivity contribution is 7.90. The van der Waals surface area contributed by atoms with Crippen molar-refractivity contribution >= 4 is 20.0 Å². The minimum Gasteiger partial charge on any atom is -0.491 e. The first-order chi connectivity index (χ1) is 9.11. The number of fused-ring (bicyclic) bond motifs is 1. The Morgan fingerprint density at radius 1 is 1.30 bits per heavy atom. The highest BCUT2D eigenvalue weighted by atomic mass is 32.2.